The third-order valence-corrected chi connectivity index (χ3v) is 2.45. The number of rotatable bonds is 1. The van der Waals surface area contributed by atoms with Gasteiger partial charge in [0.2, 0.25) is 0 Å². The number of hydrogen-bond donors (Lipinski definition) is 0. The van der Waals surface area contributed by atoms with E-state index in [2.05, 4.69) is 41.9 Å². The molecule has 2 nitrogen and oxygen atoms in total. The number of pyridine rings is 1. The predicted octanol–water partition coefficient (Wildman–Crippen LogP) is 1.97. The van der Waals surface area contributed by atoms with Crippen molar-refractivity contribution in [3.05, 3.63) is 29.6 Å². The zero-order valence-electron chi connectivity index (χ0n) is 9.75. The van der Waals surface area contributed by atoms with E-state index < -0.39 is 0 Å². The molecule has 1 aliphatic heterocycles. The summed E-state index contributed by atoms with van der Waals surface area (Å²) in [5, 5.41) is 0. The van der Waals surface area contributed by atoms with Crippen LogP contribution in [0, 0.1) is 0 Å². The van der Waals surface area contributed by atoms with Crippen LogP contribution in [0.2, 0.25) is 0 Å². The van der Waals surface area contributed by atoms with E-state index >= 15 is 0 Å². The average Bonchev–Trinajstić information content (AvgIpc) is 2.59. The standard InChI is InChI=1S/C10H15N2.C2H6/c1-3-12-5-4-9-6-11(2)7-10(9)8-12;1-2/h4-5,8H,3,6-7H2,1-2H3;1-2H3/q+1;. The molecule has 14 heavy (non-hydrogen) atoms. The van der Waals surface area contributed by atoms with Crippen LogP contribution >= 0.6 is 0 Å². The second kappa shape index (κ2) is 5.11. The molecule has 0 bridgehead atoms. The molecule has 78 valence electrons. The van der Waals surface area contributed by atoms with E-state index in [4.69, 9.17) is 0 Å². The summed E-state index contributed by atoms with van der Waals surface area (Å²) in [5.74, 6) is 0. The number of aromatic nitrogens is 1. The second-order valence-corrected chi connectivity index (χ2v) is 3.50. The highest BCUT2D eigenvalue weighted by atomic mass is 15.1. The van der Waals surface area contributed by atoms with E-state index in [9.17, 15) is 0 Å². The molecule has 1 aromatic heterocycles. The fraction of sp³-hybridized carbons (Fsp3) is 0.583. The molecular formula is C12H21N2+. The van der Waals surface area contributed by atoms with Gasteiger partial charge in [0.05, 0.1) is 0 Å². The normalized spacial score (nSPS) is 14.6. The van der Waals surface area contributed by atoms with Gasteiger partial charge in [-0.1, -0.05) is 13.8 Å². The van der Waals surface area contributed by atoms with E-state index in [1.807, 2.05) is 13.8 Å². The Balaban J connectivity index is 0.000000461. The summed E-state index contributed by atoms with van der Waals surface area (Å²) in [6.07, 6.45) is 4.43. The van der Waals surface area contributed by atoms with Crippen molar-refractivity contribution in [3.8, 4) is 0 Å². The first-order valence-corrected chi connectivity index (χ1v) is 5.49. The van der Waals surface area contributed by atoms with Gasteiger partial charge in [-0.15, -0.1) is 0 Å². The molecule has 0 N–H and O–H groups in total. The van der Waals surface area contributed by atoms with Crippen LogP contribution < -0.4 is 4.57 Å². The molecule has 0 radical (unpaired) electrons. The minimum absolute atomic E-state index is 1.07. The van der Waals surface area contributed by atoms with Gasteiger partial charge < -0.3 is 0 Å². The molecule has 0 saturated heterocycles. The zero-order chi connectivity index (χ0) is 10.6. The van der Waals surface area contributed by atoms with Crippen molar-refractivity contribution in [2.75, 3.05) is 7.05 Å². The Hall–Kier alpha value is -0.890. The SMILES string of the molecule is CC.CC[n+]1ccc2c(c1)CN(C)C2. The number of hydrogen-bond acceptors (Lipinski definition) is 1. The largest absolute Gasteiger partial charge is 0.298 e. The first kappa shape index (κ1) is 11.2. The predicted molar refractivity (Wildman–Crippen MR) is 58.8 cm³/mol. The monoisotopic (exact) mass is 193 g/mol. The van der Waals surface area contributed by atoms with Gasteiger partial charge in [0.1, 0.15) is 6.54 Å². The molecule has 1 aromatic rings. The molecule has 1 aliphatic rings. The Morgan fingerprint density at radius 2 is 1.93 bits per heavy atom. The summed E-state index contributed by atoms with van der Waals surface area (Å²) in [4.78, 5) is 2.34. The maximum atomic E-state index is 2.34. The number of fused-ring (bicyclic) bond motifs is 1. The van der Waals surface area contributed by atoms with Crippen LogP contribution in [-0.4, -0.2) is 11.9 Å². The van der Waals surface area contributed by atoms with Crippen LogP contribution in [0.5, 0.6) is 0 Å². The molecule has 0 spiro atoms. The highest BCUT2D eigenvalue weighted by Gasteiger charge is 2.17. The summed E-state index contributed by atoms with van der Waals surface area (Å²) in [5.41, 5.74) is 2.98. The molecule has 0 aromatic carbocycles. The van der Waals surface area contributed by atoms with Crippen molar-refractivity contribution >= 4 is 0 Å². The van der Waals surface area contributed by atoms with Crippen molar-refractivity contribution in [2.24, 2.45) is 0 Å². The van der Waals surface area contributed by atoms with Gasteiger partial charge in [-0.05, 0) is 19.5 Å². The molecule has 0 fully saturated rings. The van der Waals surface area contributed by atoms with Crippen LogP contribution in [-0.2, 0) is 19.6 Å². The lowest BCUT2D eigenvalue weighted by Crippen LogP contribution is -2.31. The molecule has 0 unspecified atom stereocenters. The summed E-state index contributed by atoms with van der Waals surface area (Å²) in [7, 11) is 2.16. The first-order valence-electron chi connectivity index (χ1n) is 5.49. The topological polar surface area (TPSA) is 7.12 Å². The van der Waals surface area contributed by atoms with Crippen LogP contribution in [0.25, 0.3) is 0 Å². The van der Waals surface area contributed by atoms with E-state index in [1.54, 1.807) is 0 Å². The van der Waals surface area contributed by atoms with Crippen molar-refractivity contribution in [3.63, 3.8) is 0 Å². The third-order valence-electron chi connectivity index (χ3n) is 2.45. The van der Waals surface area contributed by atoms with E-state index in [0.29, 0.717) is 0 Å². The smallest absolute Gasteiger partial charge is 0.173 e. The third kappa shape index (κ3) is 2.32. The number of nitrogens with zero attached hydrogens (tertiary/aromatic N) is 2. The number of aryl methyl sites for hydroxylation is 1. The van der Waals surface area contributed by atoms with E-state index in [-0.39, 0.29) is 0 Å². The Morgan fingerprint density at radius 3 is 2.57 bits per heavy atom. The van der Waals surface area contributed by atoms with Crippen molar-refractivity contribution in [2.45, 2.75) is 40.4 Å². The Morgan fingerprint density at radius 1 is 1.29 bits per heavy atom. The molecular weight excluding hydrogens is 172 g/mol. The second-order valence-electron chi connectivity index (χ2n) is 3.50. The first-order chi connectivity index (χ1) is 6.79. The quantitative estimate of drug-likeness (QED) is 0.618. The fourth-order valence-electron chi connectivity index (χ4n) is 1.75. The van der Waals surface area contributed by atoms with Gasteiger partial charge in [-0.3, -0.25) is 4.90 Å². The van der Waals surface area contributed by atoms with Gasteiger partial charge >= 0.3 is 0 Å². The van der Waals surface area contributed by atoms with Crippen LogP contribution in [0.1, 0.15) is 31.9 Å². The van der Waals surface area contributed by atoms with Gasteiger partial charge in [-0.25, -0.2) is 4.57 Å². The lowest BCUT2D eigenvalue weighted by atomic mass is 10.2. The fourth-order valence-corrected chi connectivity index (χ4v) is 1.75. The van der Waals surface area contributed by atoms with Gasteiger partial charge in [-0.2, -0.15) is 0 Å². The molecule has 0 saturated carbocycles. The van der Waals surface area contributed by atoms with Gasteiger partial charge in [0.25, 0.3) is 0 Å². The average molecular weight is 193 g/mol. The van der Waals surface area contributed by atoms with E-state index in [0.717, 1.165) is 19.6 Å². The van der Waals surface area contributed by atoms with E-state index in [1.165, 1.54) is 11.1 Å². The van der Waals surface area contributed by atoms with Crippen molar-refractivity contribution in [1.82, 2.24) is 4.90 Å². The molecule has 2 rings (SSSR count). The molecule has 0 aliphatic carbocycles. The van der Waals surface area contributed by atoms with Crippen molar-refractivity contribution in [1.29, 1.82) is 0 Å². The van der Waals surface area contributed by atoms with Crippen molar-refractivity contribution < 1.29 is 4.57 Å². The Bertz CT molecular complexity index is 294. The molecule has 0 amide bonds. The van der Waals surface area contributed by atoms with Crippen LogP contribution in [0.15, 0.2) is 18.5 Å². The Labute approximate surface area is 87.2 Å². The minimum atomic E-state index is 1.07. The lowest BCUT2D eigenvalue weighted by molar-refractivity contribution is -0.694. The highest BCUT2D eigenvalue weighted by Crippen LogP contribution is 2.18. The van der Waals surface area contributed by atoms with Crippen LogP contribution in [0.3, 0.4) is 0 Å². The van der Waals surface area contributed by atoms with Gasteiger partial charge in [0, 0.05) is 24.7 Å². The highest BCUT2D eigenvalue weighted by molar-refractivity contribution is 5.24. The molecule has 2 heteroatoms. The van der Waals surface area contributed by atoms with Gasteiger partial charge in [0.15, 0.2) is 12.4 Å². The Kier molecular flexibility index (Phi) is 4.08. The maximum Gasteiger partial charge on any atom is 0.173 e. The molecule has 0 atom stereocenters. The molecule has 2 heterocycles. The lowest BCUT2D eigenvalue weighted by Gasteiger charge is -2.02. The summed E-state index contributed by atoms with van der Waals surface area (Å²) >= 11 is 0. The summed E-state index contributed by atoms with van der Waals surface area (Å²) in [6, 6.07) is 2.24. The summed E-state index contributed by atoms with van der Waals surface area (Å²) < 4.78 is 2.23. The van der Waals surface area contributed by atoms with Crippen LogP contribution in [0.4, 0.5) is 0 Å². The maximum absolute atomic E-state index is 2.34. The zero-order valence-corrected chi connectivity index (χ0v) is 9.75. The minimum Gasteiger partial charge on any atom is -0.298 e. The summed E-state index contributed by atoms with van der Waals surface area (Å²) in [6.45, 7) is 9.46.